The number of phosphoric acid groups is 1. The third-order valence-electron chi connectivity index (χ3n) is 5.04. The molecule has 0 aromatic rings. The molecule has 0 aromatic carbocycles. The minimum atomic E-state index is -4.60. The number of ether oxygens (including phenoxy) is 3. The van der Waals surface area contributed by atoms with E-state index in [0.717, 1.165) is 0 Å². The van der Waals surface area contributed by atoms with Crippen LogP contribution in [-0.2, 0) is 70.0 Å². The molecule has 0 aromatic heterocycles. The number of hydrogen-bond donors (Lipinski definition) is 1. The summed E-state index contributed by atoms with van der Waals surface area (Å²) in [6.45, 7) is 11.4. The third-order valence-corrected chi connectivity index (χ3v) is 6.00. The Morgan fingerprint density at radius 3 is 2.37 bits per heavy atom. The van der Waals surface area contributed by atoms with Crippen molar-refractivity contribution in [3.05, 3.63) is 6.42 Å². The molecule has 2 rings (SSSR count). The number of aliphatic hydroxyl groups excluding tert-OH is 1. The number of rotatable bonds is 10. The van der Waals surface area contributed by atoms with Crippen LogP contribution in [0.2, 0.25) is 0 Å². The van der Waals surface area contributed by atoms with Crippen LogP contribution in [0.4, 0.5) is 0 Å². The molecule has 30 heavy (non-hydrogen) atoms. The number of phosphoric ester groups is 1. The molecule has 0 bridgehead atoms. The Hall–Kier alpha value is 1.33. The predicted octanol–water partition coefficient (Wildman–Crippen LogP) is 2.08. The van der Waals surface area contributed by atoms with E-state index in [2.05, 4.69) is 0 Å². The number of hydrogen-bond acceptors (Lipinski definition) is 8. The standard InChI is InChI=1S/C19H36O8P.2W/c1-11(2)23-10-18-17(8-14(6)26-18)27-28(21,22)24-9-15-16(25-12(3)4)7-13(5)19(15)20;;/h8,11-20H,7,9-10H2,1-6H3,(H,21,22);;/q-1;;/p-1/t13-,14-,15+,16+,17+,18+,19?;;/m0../s1. The summed E-state index contributed by atoms with van der Waals surface area (Å²) in [7, 11) is -4.60. The third kappa shape index (κ3) is 9.67. The molecule has 2 fully saturated rings. The van der Waals surface area contributed by atoms with Crippen molar-refractivity contribution in [2.24, 2.45) is 11.8 Å². The fraction of sp³-hybridized carbons (Fsp3) is 0.947. The maximum absolute atomic E-state index is 12.4. The summed E-state index contributed by atoms with van der Waals surface area (Å²) in [6, 6.07) is 0. The van der Waals surface area contributed by atoms with Gasteiger partial charge in [0.05, 0.1) is 43.7 Å². The Bertz CT molecular complexity index is 537. The second kappa shape index (κ2) is 13.9. The van der Waals surface area contributed by atoms with Crippen molar-refractivity contribution in [3.8, 4) is 0 Å². The topological polar surface area (TPSA) is 107 Å². The summed E-state index contributed by atoms with van der Waals surface area (Å²) < 4.78 is 39.8. The molecule has 1 N–H and O–H groups in total. The zero-order valence-electron chi connectivity index (χ0n) is 18.5. The fourth-order valence-electron chi connectivity index (χ4n) is 3.71. The minimum Gasteiger partial charge on any atom is -0.756 e. The van der Waals surface area contributed by atoms with E-state index in [1.54, 1.807) is 6.42 Å². The van der Waals surface area contributed by atoms with E-state index in [4.69, 9.17) is 23.3 Å². The Kier molecular flexibility index (Phi) is 14.5. The van der Waals surface area contributed by atoms with Gasteiger partial charge < -0.3 is 33.3 Å². The molecule has 1 saturated heterocycles. The zero-order chi connectivity index (χ0) is 21.1. The van der Waals surface area contributed by atoms with Crippen LogP contribution in [0, 0.1) is 18.3 Å². The summed E-state index contributed by atoms with van der Waals surface area (Å²) in [5, 5.41) is 10.4. The first kappa shape index (κ1) is 31.3. The SMILES string of the molecule is CC(C)OC[C@H]1O[C@@H](C)[CH-][C@H]1OP(=O)([O-])OC[C@H]1C(O)[C@@H](C)C[C@H]1OC(C)C.[W].[W]. The Morgan fingerprint density at radius 2 is 1.80 bits per heavy atom. The molecule has 1 aliphatic carbocycles. The van der Waals surface area contributed by atoms with Crippen molar-refractivity contribution in [1.82, 2.24) is 0 Å². The summed E-state index contributed by atoms with van der Waals surface area (Å²) in [4.78, 5) is 12.4. The van der Waals surface area contributed by atoms with Gasteiger partial charge in [-0.3, -0.25) is 11.0 Å². The van der Waals surface area contributed by atoms with Gasteiger partial charge in [-0.15, -0.1) is 0 Å². The molecule has 1 heterocycles. The average Bonchev–Trinajstić information content (AvgIpc) is 3.02. The second-order valence-corrected chi connectivity index (χ2v) is 9.72. The minimum absolute atomic E-state index is 0. The summed E-state index contributed by atoms with van der Waals surface area (Å²) >= 11 is 0. The molecule has 0 radical (unpaired) electrons. The van der Waals surface area contributed by atoms with Crippen molar-refractivity contribution >= 4 is 7.82 Å². The largest absolute Gasteiger partial charge is 0.756 e. The van der Waals surface area contributed by atoms with Crippen LogP contribution in [0.1, 0.15) is 48.0 Å². The molecule has 2 unspecified atom stereocenters. The molecule has 178 valence electrons. The molecule has 8 atom stereocenters. The Labute approximate surface area is 209 Å². The van der Waals surface area contributed by atoms with Crippen LogP contribution in [0.15, 0.2) is 0 Å². The molecule has 8 nitrogen and oxygen atoms in total. The van der Waals surface area contributed by atoms with E-state index in [9.17, 15) is 14.6 Å². The van der Waals surface area contributed by atoms with E-state index < -0.39 is 32.1 Å². The molecule has 2 aliphatic rings. The van der Waals surface area contributed by atoms with Gasteiger partial charge in [-0.1, -0.05) is 20.0 Å². The normalized spacial score (nSPS) is 35.9. The van der Waals surface area contributed by atoms with Crippen molar-refractivity contribution in [1.29, 1.82) is 0 Å². The monoisotopic (exact) mass is 790 g/mol. The van der Waals surface area contributed by atoms with Gasteiger partial charge >= 0.3 is 0 Å². The molecular weight excluding hydrogens is 755 g/mol. The zero-order valence-corrected chi connectivity index (χ0v) is 25.2. The van der Waals surface area contributed by atoms with E-state index in [-0.39, 0.29) is 85.7 Å². The molecule has 1 aliphatic heterocycles. The van der Waals surface area contributed by atoms with Gasteiger partial charge in [0, 0.05) is 48.0 Å². The van der Waals surface area contributed by atoms with Crippen LogP contribution >= 0.6 is 7.82 Å². The first-order chi connectivity index (χ1) is 13.0. The van der Waals surface area contributed by atoms with Gasteiger partial charge in [-0.2, -0.15) is 0 Å². The molecular formula is C19H35O8PW2-2. The first-order valence-corrected chi connectivity index (χ1v) is 11.5. The quantitative estimate of drug-likeness (QED) is 0.265. The van der Waals surface area contributed by atoms with Crippen molar-refractivity contribution < 1.29 is 80.0 Å². The van der Waals surface area contributed by atoms with Crippen molar-refractivity contribution in [3.63, 3.8) is 0 Å². The van der Waals surface area contributed by atoms with E-state index in [1.807, 2.05) is 41.5 Å². The maximum Gasteiger partial charge on any atom is 0.265 e. The van der Waals surface area contributed by atoms with Crippen LogP contribution in [0.5, 0.6) is 0 Å². The van der Waals surface area contributed by atoms with E-state index >= 15 is 0 Å². The van der Waals surface area contributed by atoms with Gasteiger partial charge in [-0.05, 0) is 46.1 Å². The molecule has 0 amide bonds. The van der Waals surface area contributed by atoms with Crippen molar-refractivity contribution in [2.45, 2.75) is 90.7 Å². The van der Waals surface area contributed by atoms with Crippen LogP contribution in [0.3, 0.4) is 0 Å². The van der Waals surface area contributed by atoms with Gasteiger partial charge in [-0.25, -0.2) is 0 Å². The number of aliphatic hydroxyl groups is 1. The Balaban J connectivity index is 0.00000420. The molecule has 0 spiro atoms. The van der Waals surface area contributed by atoms with Crippen molar-refractivity contribution in [2.75, 3.05) is 13.2 Å². The smallest absolute Gasteiger partial charge is 0.265 e. The van der Waals surface area contributed by atoms with Crippen LogP contribution < -0.4 is 4.89 Å². The fourth-order valence-corrected chi connectivity index (χ4v) is 4.63. The molecule has 11 heteroatoms. The van der Waals surface area contributed by atoms with Crippen LogP contribution in [-0.4, -0.2) is 61.0 Å². The summed E-state index contributed by atoms with van der Waals surface area (Å²) in [5.41, 5.74) is 0. The average molecular weight is 790 g/mol. The van der Waals surface area contributed by atoms with Gasteiger partial charge in [0.15, 0.2) is 0 Å². The van der Waals surface area contributed by atoms with Gasteiger partial charge in [0.2, 0.25) is 0 Å². The van der Waals surface area contributed by atoms with Gasteiger partial charge in [0.25, 0.3) is 7.82 Å². The Morgan fingerprint density at radius 1 is 1.17 bits per heavy atom. The van der Waals surface area contributed by atoms with E-state index in [0.29, 0.717) is 6.42 Å². The van der Waals surface area contributed by atoms with Crippen LogP contribution in [0.25, 0.3) is 0 Å². The predicted molar refractivity (Wildman–Crippen MR) is 101 cm³/mol. The summed E-state index contributed by atoms with van der Waals surface area (Å²) in [5.74, 6) is -0.412. The first-order valence-electron chi connectivity index (χ1n) is 10.1. The summed E-state index contributed by atoms with van der Waals surface area (Å²) in [6.07, 6.45) is -0.145. The maximum atomic E-state index is 12.4. The molecule has 1 saturated carbocycles. The second-order valence-electron chi connectivity index (χ2n) is 8.36. The van der Waals surface area contributed by atoms with Gasteiger partial charge in [0.1, 0.15) is 0 Å². The van der Waals surface area contributed by atoms with E-state index in [1.165, 1.54) is 0 Å².